The fourth-order valence-corrected chi connectivity index (χ4v) is 6.89. The predicted octanol–water partition coefficient (Wildman–Crippen LogP) is 3.80. The highest BCUT2D eigenvalue weighted by Crippen LogP contribution is 2.67. The number of aliphatic hydroxyl groups is 2. The molecular weight excluding hydrogens is 312 g/mol. The molecule has 3 heteroatoms. The summed E-state index contributed by atoms with van der Waals surface area (Å²) in [6.45, 7) is 8.71. The average Bonchev–Trinajstić information content (AvgIpc) is 2.84. The zero-order valence-corrected chi connectivity index (χ0v) is 16.0. The maximum absolute atomic E-state index is 12.0. The molecule has 0 spiro atoms. The van der Waals surface area contributed by atoms with Crippen LogP contribution in [-0.4, -0.2) is 27.7 Å². The average molecular weight is 344 g/mol. The van der Waals surface area contributed by atoms with Gasteiger partial charge in [-0.25, -0.2) is 0 Å². The first-order valence-electron chi connectivity index (χ1n) is 10.0. The van der Waals surface area contributed by atoms with Gasteiger partial charge in [-0.15, -0.1) is 0 Å². The van der Waals surface area contributed by atoms with Crippen molar-refractivity contribution >= 4 is 5.78 Å². The van der Waals surface area contributed by atoms with Gasteiger partial charge in [0.1, 0.15) is 0 Å². The summed E-state index contributed by atoms with van der Waals surface area (Å²) in [5.74, 6) is 1.43. The molecule has 0 amide bonds. The molecule has 4 aliphatic carbocycles. The third-order valence-corrected chi connectivity index (χ3v) is 8.68. The van der Waals surface area contributed by atoms with Crippen molar-refractivity contribution in [3.63, 3.8) is 0 Å². The Morgan fingerprint density at radius 1 is 1.28 bits per heavy atom. The Labute approximate surface area is 151 Å². The number of carbonyl (C=O) groups excluding carboxylic acids is 1. The Balaban J connectivity index is 1.86. The number of fused-ring (bicyclic) bond motifs is 5. The number of aliphatic hydroxyl groups excluding tert-OH is 1. The van der Waals surface area contributed by atoms with Crippen LogP contribution in [0.25, 0.3) is 0 Å². The molecule has 0 aromatic heterocycles. The van der Waals surface area contributed by atoms with E-state index in [0.29, 0.717) is 30.6 Å². The van der Waals surface area contributed by atoms with Gasteiger partial charge in [0.25, 0.3) is 0 Å². The van der Waals surface area contributed by atoms with Gasteiger partial charge in [-0.1, -0.05) is 44.9 Å². The van der Waals surface area contributed by atoms with Gasteiger partial charge >= 0.3 is 0 Å². The van der Waals surface area contributed by atoms with Crippen molar-refractivity contribution in [1.29, 1.82) is 0 Å². The topological polar surface area (TPSA) is 57.5 Å². The van der Waals surface area contributed by atoms with Crippen molar-refractivity contribution < 1.29 is 15.0 Å². The smallest absolute Gasteiger partial charge is 0.155 e. The summed E-state index contributed by atoms with van der Waals surface area (Å²) in [6.07, 6.45) is 8.24. The number of allylic oxidation sites excluding steroid dienone is 3. The first-order valence-corrected chi connectivity index (χ1v) is 10.0. The SMILES string of the molecule is CC[C@]1(O)CC[C@H]2[C@H]3C(=C[C@H](O)[C@@]21C)[C@@]1(C)CCC(=O)C=C1C[C@H]3C. The van der Waals surface area contributed by atoms with E-state index in [0.717, 1.165) is 25.7 Å². The molecular formula is C22H32O3. The molecule has 4 rings (SSSR count). The third-order valence-electron chi connectivity index (χ3n) is 8.68. The normalized spacial score (nSPS) is 52.0. The molecule has 7 atom stereocenters. The summed E-state index contributed by atoms with van der Waals surface area (Å²) in [7, 11) is 0. The van der Waals surface area contributed by atoms with Crippen molar-refractivity contribution in [1.82, 2.24) is 0 Å². The van der Waals surface area contributed by atoms with Crippen LogP contribution in [0.15, 0.2) is 23.3 Å². The first kappa shape index (κ1) is 17.5. The second-order valence-corrected chi connectivity index (χ2v) is 9.56. The summed E-state index contributed by atoms with van der Waals surface area (Å²) in [5.41, 5.74) is 1.28. The standard InChI is InChI=1S/C22H32O3/c1-5-22(25)9-7-16-19-13(2)10-14-11-15(23)6-8-20(14,3)17(19)12-18(24)21(16,22)4/h11-13,16,18-19,24-25H,5-10H2,1-4H3/t13-,16+,18+,19+,20+,21-,22+/m1/s1. The maximum atomic E-state index is 12.0. The Hall–Kier alpha value is -0.930. The minimum absolute atomic E-state index is 0.0830. The Bertz CT molecular complexity index is 677. The van der Waals surface area contributed by atoms with E-state index in [1.165, 1.54) is 11.1 Å². The number of rotatable bonds is 1. The molecule has 0 unspecified atom stereocenters. The zero-order valence-electron chi connectivity index (χ0n) is 16.0. The molecule has 3 nitrogen and oxygen atoms in total. The maximum Gasteiger partial charge on any atom is 0.155 e. The lowest BCUT2D eigenvalue weighted by molar-refractivity contribution is -0.138. The van der Waals surface area contributed by atoms with E-state index in [9.17, 15) is 15.0 Å². The van der Waals surface area contributed by atoms with Gasteiger partial charge in [-0.3, -0.25) is 4.79 Å². The van der Waals surface area contributed by atoms with Crippen LogP contribution >= 0.6 is 0 Å². The minimum Gasteiger partial charge on any atom is -0.389 e. The number of hydrogen-bond donors (Lipinski definition) is 2. The van der Waals surface area contributed by atoms with E-state index in [1.54, 1.807) is 0 Å². The molecule has 0 heterocycles. The molecule has 0 aliphatic heterocycles. The summed E-state index contributed by atoms with van der Waals surface area (Å²) in [6, 6.07) is 0. The van der Waals surface area contributed by atoms with E-state index in [2.05, 4.69) is 26.8 Å². The van der Waals surface area contributed by atoms with Crippen molar-refractivity contribution in [3.05, 3.63) is 23.3 Å². The number of hydrogen-bond acceptors (Lipinski definition) is 3. The minimum atomic E-state index is -0.779. The monoisotopic (exact) mass is 344 g/mol. The van der Waals surface area contributed by atoms with Crippen LogP contribution < -0.4 is 0 Å². The Morgan fingerprint density at radius 2 is 2.00 bits per heavy atom. The molecule has 138 valence electrons. The Morgan fingerprint density at radius 3 is 2.68 bits per heavy atom. The molecule has 0 aromatic rings. The lowest BCUT2D eigenvalue weighted by atomic mass is 9.47. The molecule has 0 radical (unpaired) electrons. The third kappa shape index (κ3) is 2.03. The van der Waals surface area contributed by atoms with Gasteiger partial charge in [0.15, 0.2) is 5.78 Å². The van der Waals surface area contributed by atoms with Crippen LogP contribution in [0.2, 0.25) is 0 Å². The predicted molar refractivity (Wildman–Crippen MR) is 97.9 cm³/mol. The second-order valence-electron chi connectivity index (χ2n) is 9.56. The van der Waals surface area contributed by atoms with E-state index >= 15 is 0 Å². The highest BCUT2D eigenvalue weighted by atomic mass is 16.3. The van der Waals surface area contributed by atoms with Crippen LogP contribution in [0.5, 0.6) is 0 Å². The Kier molecular flexibility index (Phi) is 3.70. The van der Waals surface area contributed by atoms with E-state index in [4.69, 9.17) is 0 Å². The molecule has 2 N–H and O–H groups in total. The second kappa shape index (κ2) is 5.29. The van der Waals surface area contributed by atoms with Gasteiger partial charge < -0.3 is 10.2 Å². The van der Waals surface area contributed by atoms with Crippen LogP contribution in [0.1, 0.15) is 66.2 Å². The molecule has 4 aliphatic rings. The van der Waals surface area contributed by atoms with Gasteiger partial charge in [-0.2, -0.15) is 0 Å². The summed E-state index contributed by atoms with van der Waals surface area (Å²) in [4.78, 5) is 12.0. The largest absolute Gasteiger partial charge is 0.389 e. The highest BCUT2D eigenvalue weighted by molar-refractivity contribution is 5.92. The van der Waals surface area contributed by atoms with Crippen LogP contribution in [0, 0.1) is 28.6 Å². The van der Waals surface area contributed by atoms with Crippen LogP contribution in [-0.2, 0) is 4.79 Å². The van der Waals surface area contributed by atoms with Crippen molar-refractivity contribution in [3.8, 4) is 0 Å². The van der Waals surface area contributed by atoms with Crippen molar-refractivity contribution in [2.24, 2.45) is 28.6 Å². The summed E-state index contributed by atoms with van der Waals surface area (Å²) in [5, 5.41) is 22.5. The fourth-order valence-electron chi connectivity index (χ4n) is 6.89. The van der Waals surface area contributed by atoms with Gasteiger partial charge in [0.2, 0.25) is 0 Å². The van der Waals surface area contributed by atoms with Gasteiger partial charge in [0, 0.05) is 17.3 Å². The lowest BCUT2D eigenvalue weighted by Crippen LogP contribution is -2.58. The van der Waals surface area contributed by atoms with E-state index < -0.39 is 17.1 Å². The highest BCUT2D eigenvalue weighted by Gasteiger charge is 2.65. The number of carbonyl (C=O) groups is 1. The molecule has 25 heavy (non-hydrogen) atoms. The fraction of sp³-hybridized carbons (Fsp3) is 0.773. The molecule has 2 fully saturated rings. The number of ketones is 1. The zero-order chi connectivity index (χ0) is 18.2. The van der Waals surface area contributed by atoms with Crippen LogP contribution in [0.4, 0.5) is 0 Å². The lowest BCUT2D eigenvalue weighted by Gasteiger charge is -2.58. The van der Waals surface area contributed by atoms with E-state index in [-0.39, 0.29) is 11.2 Å². The summed E-state index contributed by atoms with van der Waals surface area (Å²) >= 11 is 0. The van der Waals surface area contributed by atoms with Gasteiger partial charge in [-0.05, 0) is 55.9 Å². The van der Waals surface area contributed by atoms with Crippen molar-refractivity contribution in [2.45, 2.75) is 77.9 Å². The first-order chi connectivity index (χ1) is 11.7. The van der Waals surface area contributed by atoms with E-state index in [1.807, 2.05) is 13.0 Å². The molecule has 2 saturated carbocycles. The quantitative estimate of drug-likeness (QED) is 0.712. The van der Waals surface area contributed by atoms with Crippen LogP contribution in [0.3, 0.4) is 0 Å². The summed E-state index contributed by atoms with van der Waals surface area (Å²) < 4.78 is 0. The molecule has 0 saturated heterocycles. The molecule has 0 bridgehead atoms. The molecule has 0 aromatic carbocycles. The van der Waals surface area contributed by atoms with Crippen molar-refractivity contribution in [2.75, 3.05) is 0 Å². The van der Waals surface area contributed by atoms with Gasteiger partial charge in [0.05, 0.1) is 11.7 Å².